The maximum atomic E-state index is 13.0. The molecule has 8 nitrogen and oxygen atoms in total. The van der Waals surface area contributed by atoms with Crippen molar-refractivity contribution in [2.24, 2.45) is 5.10 Å². The van der Waals surface area contributed by atoms with E-state index in [1.165, 1.54) is 9.69 Å². The first kappa shape index (κ1) is 21.1. The molecule has 0 radical (unpaired) electrons. The Kier molecular flexibility index (Phi) is 5.18. The predicted octanol–water partition coefficient (Wildman–Crippen LogP) is 1.94. The minimum absolute atomic E-state index is 0.235. The number of aromatic amines is 1. The van der Waals surface area contributed by atoms with Crippen molar-refractivity contribution < 1.29 is 9.90 Å². The summed E-state index contributed by atoms with van der Waals surface area (Å²) in [5.74, 6) is -0.559. The zero-order valence-electron chi connectivity index (χ0n) is 18.5. The number of nitrogens with one attached hydrogen (secondary N) is 1. The number of benzene rings is 2. The summed E-state index contributed by atoms with van der Waals surface area (Å²) in [7, 11) is 0. The number of fused-ring (bicyclic) bond motifs is 1. The number of carbonyl (C=O) groups is 1. The summed E-state index contributed by atoms with van der Waals surface area (Å²) >= 11 is 0. The van der Waals surface area contributed by atoms with E-state index in [9.17, 15) is 14.7 Å². The number of aryl methyl sites for hydroxylation is 1. The highest BCUT2D eigenvalue weighted by molar-refractivity contribution is 6.07. The molecule has 8 heteroatoms. The number of hydrogen-bond acceptors (Lipinski definition) is 5. The fraction of sp³-hybridized carbons (Fsp3) is 0.0769. The van der Waals surface area contributed by atoms with E-state index in [2.05, 4.69) is 15.2 Å². The third kappa shape index (κ3) is 3.51. The van der Waals surface area contributed by atoms with E-state index in [1.54, 1.807) is 44.2 Å². The zero-order chi connectivity index (χ0) is 23.8. The van der Waals surface area contributed by atoms with Crippen LogP contribution < -0.4 is 26.4 Å². The molecule has 2 aromatic heterocycles. The Labute approximate surface area is 194 Å². The Bertz CT molecular complexity index is 1620. The molecular formula is C26H20N5O3-. The van der Waals surface area contributed by atoms with Crippen molar-refractivity contribution in [2.75, 3.05) is 5.01 Å². The number of nitrogens with zero attached hydrogens (tertiary/aromatic N) is 4. The van der Waals surface area contributed by atoms with Crippen molar-refractivity contribution >= 4 is 23.7 Å². The lowest BCUT2D eigenvalue weighted by Gasteiger charge is -2.11. The minimum Gasteiger partial charge on any atom is -0.858 e. The molecule has 2 aromatic carbocycles. The quantitative estimate of drug-likeness (QED) is 0.513. The first-order chi connectivity index (χ1) is 16.5. The number of allylic oxidation sites excluding steroid dienone is 1. The zero-order valence-corrected chi connectivity index (χ0v) is 18.5. The van der Waals surface area contributed by atoms with E-state index in [-0.39, 0.29) is 22.8 Å². The topological polar surface area (TPSA) is 106 Å². The smallest absolute Gasteiger partial charge is 0.282 e. The Morgan fingerprint density at radius 2 is 1.59 bits per heavy atom. The molecule has 0 spiro atoms. The summed E-state index contributed by atoms with van der Waals surface area (Å²) in [4.78, 5) is 28.5. The Morgan fingerprint density at radius 1 is 0.941 bits per heavy atom. The van der Waals surface area contributed by atoms with E-state index in [4.69, 9.17) is 0 Å². The van der Waals surface area contributed by atoms with Crippen molar-refractivity contribution in [2.45, 2.75) is 13.8 Å². The van der Waals surface area contributed by atoms with Crippen molar-refractivity contribution in [3.8, 4) is 11.6 Å². The molecule has 0 saturated heterocycles. The van der Waals surface area contributed by atoms with Gasteiger partial charge in [0.2, 0.25) is 0 Å². The Balaban J connectivity index is 1.52. The highest BCUT2D eigenvalue weighted by Crippen LogP contribution is 2.23. The number of amides is 1. The lowest BCUT2D eigenvalue weighted by atomic mass is 10.1. The van der Waals surface area contributed by atoms with Gasteiger partial charge < -0.3 is 10.1 Å². The van der Waals surface area contributed by atoms with Gasteiger partial charge >= 0.3 is 0 Å². The number of carbonyl (C=O) groups excluding carboxylic acids is 1. The maximum Gasteiger partial charge on any atom is 0.282 e. The average Bonchev–Trinajstić information content (AvgIpc) is 3.32. The van der Waals surface area contributed by atoms with Gasteiger partial charge in [-0.1, -0.05) is 48.6 Å². The van der Waals surface area contributed by atoms with Crippen molar-refractivity contribution in [3.05, 3.63) is 110 Å². The Hall–Kier alpha value is -4.72. The maximum absolute atomic E-state index is 13.0. The van der Waals surface area contributed by atoms with Crippen LogP contribution in [0.25, 0.3) is 17.8 Å². The van der Waals surface area contributed by atoms with Gasteiger partial charge in [0.05, 0.1) is 22.6 Å². The van der Waals surface area contributed by atoms with Crippen LogP contribution in [0.3, 0.4) is 0 Å². The van der Waals surface area contributed by atoms with E-state index in [0.717, 1.165) is 0 Å². The number of rotatable bonds is 4. The molecule has 168 valence electrons. The van der Waals surface area contributed by atoms with Crippen LogP contribution in [0.4, 0.5) is 5.69 Å². The molecule has 5 rings (SSSR count). The normalized spacial score (nSPS) is 13.5. The van der Waals surface area contributed by atoms with Gasteiger partial charge in [-0.15, -0.1) is 5.10 Å². The third-order valence-electron chi connectivity index (χ3n) is 5.69. The van der Waals surface area contributed by atoms with Gasteiger partial charge in [-0.2, -0.15) is 10.1 Å². The van der Waals surface area contributed by atoms with Crippen LogP contribution in [-0.4, -0.2) is 20.7 Å². The second-order valence-electron chi connectivity index (χ2n) is 7.85. The molecule has 4 aromatic rings. The summed E-state index contributed by atoms with van der Waals surface area (Å²) in [6.07, 6.45) is 4.83. The molecule has 1 N–H and O–H groups in total. The monoisotopic (exact) mass is 450 g/mol. The van der Waals surface area contributed by atoms with Crippen LogP contribution >= 0.6 is 0 Å². The molecule has 34 heavy (non-hydrogen) atoms. The fourth-order valence-electron chi connectivity index (χ4n) is 3.95. The fourth-order valence-corrected chi connectivity index (χ4v) is 3.95. The predicted molar refractivity (Wildman–Crippen MR) is 127 cm³/mol. The van der Waals surface area contributed by atoms with E-state index in [1.807, 2.05) is 48.5 Å². The lowest BCUT2D eigenvalue weighted by Crippen LogP contribution is -2.38. The van der Waals surface area contributed by atoms with Crippen molar-refractivity contribution in [3.63, 3.8) is 0 Å². The van der Waals surface area contributed by atoms with Crippen LogP contribution in [0.2, 0.25) is 0 Å². The SMILES string of the molecule is Cc1nn(-c2ccccc2)c([O-])c1C=CC=c1c(C)c2c([nH]c1=O)=NN(c1ccccc1)C2=O. The molecule has 1 amide bonds. The lowest BCUT2D eigenvalue weighted by molar-refractivity contribution is -0.278. The van der Waals surface area contributed by atoms with Gasteiger partial charge in [0.15, 0.2) is 5.49 Å². The van der Waals surface area contributed by atoms with Crippen LogP contribution in [0.5, 0.6) is 5.88 Å². The molecule has 0 fully saturated rings. The first-order valence-corrected chi connectivity index (χ1v) is 10.7. The summed E-state index contributed by atoms with van der Waals surface area (Å²) in [6.45, 7) is 3.47. The molecule has 1 aliphatic rings. The van der Waals surface area contributed by atoms with Gasteiger partial charge in [0, 0.05) is 10.8 Å². The van der Waals surface area contributed by atoms with Crippen molar-refractivity contribution in [1.29, 1.82) is 0 Å². The number of anilines is 1. The first-order valence-electron chi connectivity index (χ1n) is 10.7. The number of pyridine rings is 1. The second kappa shape index (κ2) is 8.32. The summed E-state index contributed by atoms with van der Waals surface area (Å²) in [6, 6.07) is 18.2. The average molecular weight is 450 g/mol. The van der Waals surface area contributed by atoms with Crippen molar-refractivity contribution in [1.82, 2.24) is 14.8 Å². The summed E-state index contributed by atoms with van der Waals surface area (Å²) in [5, 5.41) is 23.1. The van der Waals surface area contributed by atoms with Crippen LogP contribution in [0.15, 0.2) is 76.6 Å². The van der Waals surface area contributed by atoms with Crippen LogP contribution in [-0.2, 0) is 0 Å². The highest BCUT2D eigenvalue weighted by Gasteiger charge is 2.28. The Morgan fingerprint density at radius 3 is 2.26 bits per heavy atom. The van der Waals surface area contributed by atoms with E-state index >= 15 is 0 Å². The number of aromatic nitrogens is 3. The molecule has 0 bridgehead atoms. The van der Waals surface area contributed by atoms with Crippen LogP contribution in [0, 0.1) is 13.8 Å². The molecule has 0 atom stereocenters. The van der Waals surface area contributed by atoms with Crippen LogP contribution in [0.1, 0.15) is 27.2 Å². The largest absolute Gasteiger partial charge is 0.858 e. The van der Waals surface area contributed by atoms with Gasteiger partial charge in [-0.05, 0) is 55.6 Å². The standard InChI is InChI=1S/C26H21N5O3/c1-16-20(14-9-15-21-17(2)28-30(25(21)33)18-10-5-3-6-11-18)24(32)27-23-22(16)26(34)31(29-23)19-12-7-4-8-13-19/h3-15,33H,1-2H3,(H,27,29,32)/p-1. The number of hydrogen-bond donors (Lipinski definition) is 1. The second-order valence-corrected chi connectivity index (χ2v) is 7.85. The molecule has 0 unspecified atom stereocenters. The summed E-state index contributed by atoms with van der Waals surface area (Å²) < 4.78 is 1.35. The molecule has 0 aliphatic carbocycles. The molecule has 0 saturated carbocycles. The molecule has 1 aliphatic heterocycles. The summed E-state index contributed by atoms with van der Waals surface area (Å²) in [5.41, 5.74) is 3.03. The van der Waals surface area contributed by atoms with Gasteiger partial charge in [0.25, 0.3) is 11.5 Å². The van der Waals surface area contributed by atoms with E-state index < -0.39 is 0 Å². The van der Waals surface area contributed by atoms with Gasteiger partial charge in [-0.25, -0.2) is 4.68 Å². The van der Waals surface area contributed by atoms with Gasteiger partial charge in [0.1, 0.15) is 0 Å². The number of para-hydroxylation sites is 2. The highest BCUT2D eigenvalue weighted by atomic mass is 16.3. The third-order valence-corrected chi connectivity index (χ3v) is 5.69. The minimum atomic E-state index is -0.369. The van der Waals surface area contributed by atoms with E-state index in [0.29, 0.717) is 39.0 Å². The molecular weight excluding hydrogens is 430 g/mol. The molecule has 3 heterocycles. The number of H-pyrrole nitrogens is 1. The van der Waals surface area contributed by atoms with Gasteiger partial charge in [-0.3, -0.25) is 9.59 Å².